The molecule has 0 heterocycles. The second-order valence-electron chi connectivity index (χ2n) is 1.28. The Kier molecular flexibility index (Phi) is 152. The number of carbonyl (C=O) groups excluding carboxylic acids is 1. The number of aldehydes is 1. The molecule has 2 N–H and O–H groups in total. The highest BCUT2D eigenvalue weighted by molar-refractivity contribution is 5.44. The molecule has 0 atom stereocenters. The summed E-state index contributed by atoms with van der Waals surface area (Å²) in [7, 11) is 0. The minimum Gasteiger partial charge on any atom is -0.397 e. The van der Waals surface area contributed by atoms with Crippen molar-refractivity contribution in [3.63, 3.8) is 0 Å². The van der Waals surface area contributed by atoms with Gasteiger partial charge in [0.2, 0.25) is 0 Å². The lowest BCUT2D eigenvalue weighted by Gasteiger charge is -1.52. The third-order valence-electron chi connectivity index (χ3n) is 0. The van der Waals surface area contributed by atoms with Crippen LogP contribution in [0.4, 0.5) is 0 Å². The molecule has 0 unspecified atom stereocenters. The largest absolute Gasteiger partial charge is 0.397 e. The van der Waals surface area contributed by atoms with Gasteiger partial charge in [0.15, 0.2) is 0 Å². The third-order valence-corrected chi connectivity index (χ3v) is 0. The van der Waals surface area contributed by atoms with Gasteiger partial charge in [-0.3, -0.25) is 0 Å². The summed E-state index contributed by atoms with van der Waals surface area (Å²) in [6.45, 7) is 10.6. The Balaban J connectivity index is -0.0000000356. The Hall–Kier alpha value is -0.670. The number of carbonyl (C=O) groups is 1. The fourth-order valence-electron chi connectivity index (χ4n) is 0. The zero-order valence-electron chi connectivity index (χ0n) is 8.58. The first-order valence-electron chi connectivity index (χ1n) is 3.85. The van der Waals surface area contributed by atoms with Gasteiger partial charge >= 0.3 is 0 Å². The van der Waals surface area contributed by atoms with E-state index in [0.717, 1.165) is 6.29 Å². The van der Waals surface area contributed by atoms with Crippen molar-refractivity contribution in [3.8, 4) is 0 Å². The number of aliphatic hydroxyl groups excluding tert-OH is 2. The number of rotatable bonds is 0. The van der Waals surface area contributed by atoms with Crippen LogP contribution in [0.25, 0.3) is 0 Å². The monoisotopic (exact) mass is 178 g/mol. The minimum absolute atomic E-state index is 0.250. The molecule has 0 saturated heterocycles. The Morgan fingerprint density at radius 2 is 1.17 bits per heavy atom. The van der Waals surface area contributed by atoms with Crippen molar-refractivity contribution in [2.24, 2.45) is 0 Å². The molecule has 12 heavy (non-hydrogen) atoms. The Bertz CT molecular complexity index is 45.7. The van der Waals surface area contributed by atoms with Crippen molar-refractivity contribution < 1.29 is 15.0 Å². The van der Waals surface area contributed by atoms with Crippen molar-refractivity contribution in [2.75, 3.05) is 13.2 Å². The van der Waals surface area contributed by atoms with Crippen LogP contribution in [-0.4, -0.2) is 29.7 Å². The zero-order valence-corrected chi connectivity index (χ0v) is 8.58. The molecule has 3 nitrogen and oxygen atoms in total. The highest BCUT2D eigenvalue weighted by Gasteiger charge is 1.34. The molecule has 0 amide bonds. The van der Waals surface area contributed by atoms with Crippen molar-refractivity contribution in [2.45, 2.75) is 27.7 Å². The molecule has 0 bridgehead atoms. The van der Waals surface area contributed by atoms with Gasteiger partial charge in [0.25, 0.3) is 0 Å². The summed E-state index contributed by atoms with van der Waals surface area (Å²) >= 11 is 0. The fourth-order valence-corrected chi connectivity index (χ4v) is 0. The SMILES string of the molecule is C=CC.CC=O.CCO.CCO. The van der Waals surface area contributed by atoms with Crippen LogP contribution in [0.1, 0.15) is 27.7 Å². The van der Waals surface area contributed by atoms with Gasteiger partial charge < -0.3 is 15.0 Å². The molecule has 0 aliphatic carbocycles. The van der Waals surface area contributed by atoms with E-state index in [1.807, 2.05) is 6.92 Å². The first kappa shape index (κ1) is 22.5. The average molecular weight is 178 g/mol. The predicted molar refractivity (Wildman–Crippen MR) is 53.1 cm³/mol. The molecule has 3 heteroatoms. The van der Waals surface area contributed by atoms with Crippen LogP contribution in [0.5, 0.6) is 0 Å². The van der Waals surface area contributed by atoms with Gasteiger partial charge in [-0.25, -0.2) is 0 Å². The first-order chi connectivity index (χ1) is 5.66. The van der Waals surface area contributed by atoms with E-state index in [-0.39, 0.29) is 13.2 Å². The van der Waals surface area contributed by atoms with E-state index in [9.17, 15) is 0 Å². The van der Waals surface area contributed by atoms with Crippen molar-refractivity contribution in [3.05, 3.63) is 12.7 Å². The van der Waals surface area contributed by atoms with Gasteiger partial charge in [-0.05, 0) is 27.7 Å². The number of allylic oxidation sites excluding steroid dienone is 1. The molecule has 0 rings (SSSR count). The normalized spacial score (nSPS) is 5.17. The summed E-state index contributed by atoms with van der Waals surface area (Å²) in [6, 6.07) is 0. The lowest BCUT2D eigenvalue weighted by Crippen LogP contribution is -1.57. The summed E-state index contributed by atoms with van der Waals surface area (Å²) in [5, 5.41) is 15.1. The quantitative estimate of drug-likeness (QED) is 0.435. The van der Waals surface area contributed by atoms with Gasteiger partial charge in [-0.1, -0.05) is 6.08 Å². The molecule has 0 aromatic heterocycles. The van der Waals surface area contributed by atoms with E-state index >= 15 is 0 Å². The van der Waals surface area contributed by atoms with Crippen molar-refractivity contribution >= 4 is 6.29 Å². The summed E-state index contributed by atoms with van der Waals surface area (Å²) in [4.78, 5) is 8.81. The number of aliphatic hydroxyl groups is 2. The highest BCUT2D eigenvalue weighted by atomic mass is 16.3. The van der Waals surface area contributed by atoms with Gasteiger partial charge in [-0.15, -0.1) is 6.58 Å². The Morgan fingerprint density at radius 1 is 1.17 bits per heavy atom. The number of hydrogen-bond donors (Lipinski definition) is 2. The fraction of sp³-hybridized carbons (Fsp3) is 0.667. The summed E-state index contributed by atoms with van der Waals surface area (Å²) < 4.78 is 0. The van der Waals surface area contributed by atoms with Gasteiger partial charge in [0.1, 0.15) is 6.29 Å². The molecular formula is C9H22O3. The lowest BCUT2D eigenvalue weighted by atomic mass is 10.8. The standard InChI is InChI=1S/C3H6.2C2H6O.C2H4O/c1-3-2;3*1-2-3/h3H,1H2,2H3;2*3H,2H2,1H3;2H,1H3. The molecule has 0 aliphatic rings. The van der Waals surface area contributed by atoms with Crippen LogP contribution in [0.3, 0.4) is 0 Å². The van der Waals surface area contributed by atoms with Crippen LogP contribution in [-0.2, 0) is 4.79 Å². The highest BCUT2D eigenvalue weighted by Crippen LogP contribution is 1.38. The van der Waals surface area contributed by atoms with Crippen LogP contribution in [0.2, 0.25) is 0 Å². The third kappa shape index (κ3) is 1440. The van der Waals surface area contributed by atoms with E-state index < -0.39 is 0 Å². The second kappa shape index (κ2) is 81.1. The van der Waals surface area contributed by atoms with E-state index in [4.69, 9.17) is 15.0 Å². The average Bonchev–Trinajstić information content (AvgIpc) is 1.92. The van der Waals surface area contributed by atoms with Gasteiger partial charge in [-0.2, -0.15) is 0 Å². The van der Waals surface area contributed by atoms with Crippen molar-refractivity contribution in [1.29, 1.82) is 0 Å². The molecule has 0 saturated carbocycles. The predicted octanol–water partition coefficient (Wildman–Crippen LogP) is 1.39. The summed E-state index contributed by atoms with van der Waals surface area (Å²) in [5.41, 5.74) is 0. The van der Waals surface area contributed by atoms with E-state index in [0.29, 0.717) is 0 Å². The second-order valence-corrected chi connectivity index (χ2v) is 1.28. The summed E-state index contributed by atoms with van der Waals surface area (Å²) in [5.74, 6) is 0. The van der Waals surface area contributed by atoms with E-state index in [1.165, 1.54) is 6.92 Å². The van der Waals surface area contributed by atoms with E-state index in [1.54, 1.807) is 19.9 Å². The molecular weight excluding hydrogens is 156 g/mol. The molecule has 0 radical (unpaired) electrons. The van der Waals surface area contributed by atoms with Crippen molar-refractivity contribution in [1.82, 2.24) is 0 Å². The Morgan fingerprint density at radius 3 is 1.17 bits per heavy atom. The molecule has 0 aromatic rings. The van der Waals surface area contributed by atoms with Gasteiger partial charge in [0.05, 0.1) is 0 Å². The van der Waals surface area contributed by atoms with Crippen LogP contribution < -0.4 is 0 Å². The van der Waals surface area contributed by atoms with Crippen LogP contribution in [0, 0.1) is 0 Å². The smallest absolute Gasteiger partial charge is 0.116 e. The maximum atomic E-state index is 8.81. The maximum Gasteiger partial charge on any atom is 0.116 e. The summed E-state index contributed by atoms with van der Waals surface area (Å²) in [6.07, 6.45) is 2.50. The van der Waals surface area contributed by atoms with Crippen LogP contribution >= 0.6 is 0 Å². The molecule has 76 valence electrons. The molecule has 0 spiro atoms. The zero-order chi connectivity index (χ0) is 10.8. The Labute approximate surface area is 75.7 Å². The first-order valence-corrected chi connectivity index (χ1v) is 3.85. The van der Waals surface area contributed by atoms with Crippen LogP contribution in [0.15, 0.2) is 12.7 Å². The molecule has 0 fully saturated rings. The number of hydrogen-bond acceptors (Lipinski definition) is 3. The van der Waals surface area contributed by atoms with E-state index in [2.05, 4.69) is 6.58 Å². The lowest BCUT2D eigenvalue weighted by molar-refractivity contribution is -0.106. The topological polar surface area (TPSA) is 57.5 Å². The minimum atomic E-state index is 0.250. The molecule has 0 aromatic carbocycles. The van der Waals surface area contributed by atoms with Gasteiger partial charge in [0, 0.05) is 13.2 Å². The maximum absolute atomic E-state index is 8.81. The molecule has 0 aliphatic heterocycles.